The lowest BCUT2D eigenvalue weighted by atomic mass is 9.92. The molecule has 2 amide bonds. The summed E-state index contributed by atoms with van der Waals surface area (Å²) in [7, 11) is 0. The zero-order chi connectivity index (χ0) is 39.7. The van der Waals surface area contributed by atoms with Crippen molar-refractivity contribution in [3.05, 3.63) is 170 Å². The molecular weight excluding hydrogens is 769 g/mol. The second-order valence-electron chi connectivity index (χ2n) is 12.5. The van der Waals surface area contributed by atoms with E-state index in [0.717, 1.165) is 39.9 Å². The number of anilines is 1. The van der Waals surface area contributed by atoms with Gasteiger partial charge in [-0.15, -0.1) is 0 Å². The number of benzene rings is 2. The number of halogens is 3. The zero-order valence-corrected chi connectivity index (χ0v) is 32.7. The molecule has 0 aliphatic rings. The quantitative estimate of drug-likeness (QED) is 0.103. The van der Waals surface area contributed by atoms with Gasteiger partial charge in [-0.05, 0) is 97.1 Å². The highest BCUT2D eigenvalue weighted by Crippen LogP contribution is 2.24. The number of amides is 2. The fourth-order valence-electron chi connectivity index (χ4n) is 5.50. The maximum Gasteiger partial charge on any atom is 0.224 e. The van der Waals surface area contributed by atoms with E-state index in [9.17, 15) is 9.59 Å². The number of primary amides is 2. The Kier molecular flexibility index (Phi) is 18.3. The Labute approximate surface area is 343 Å². The second-order valence-corrected chi connectivity index (χ2v) is 13.6. The number of hydrogen-bond donors (Lipinski definition) is 3. The number of carbonyl (C=O) groups excluding carboxylic acids is 2. The number of pyridine rings is 2. The maximum atomic E-state index is 11.6. The molecule has 0 spiro atoms. The minimum atomic E-state index is -0.342. The fraction of sp³-hybridized carbons (Fsp3) is 0.238. The van der Waals surface area contributed by atoms with Crippen molar-refractivity contribution in [3.63, 3.8) is 0 Å². The molecule has 0 aliphatic heterocycles. The molecule has 292 valence electrons. The summed E-state index contributed by atoms with van der Waals surface area (Å²) < 4.78 is 0. The van der Waals surface area contributed by atoms with E-state index in [0.29, 0.717) is 52.9 Å². The fourth-order valence-corrected chi connectivity index (χ4v) is 6.02. The van der Waals surface area contributed by atoms with E-state index in [4.69, 9.17) is 52.0 Å². The number of nitrogens with zero attached hydrogens (tertiary/aromatic N) is 6. The molecule has 0 radical (unpaired) electrons. The highest BCUT2D eigenvalue weighted by molar-refractivity contribution is 6.32. The van der Waals surface area contributed by atoms with Crippen LogP contribution in [0.2, 0.25) is 15.3 Å². The number of nitrogens with two attached hydrogens (primary N) is 3. The van der Waals surface area contributed by atoms with Crippen molar-refractivity contribution in [2.24, 2.45) is 11.5 Å². The molecule has 2 aromatic carbocycles. The van der Waals surface area contributed by atoms with Gasteiger partial charge in [-0.1, -0.05) is 85.2 Å². The Morgan fingerprint density at radius 2 is 1.12 bits per heavy atom. The number of carbonyl (C=O) groups is 2. The van der Waals surface area contributed by atoms with E-state index in [1.54, 1.807) is 50.0 Å². The predicted molar refractivity (Wildman–Crippen MR) is 224 cm³/mol. The monoisotopic (exact) mass is 813 g/mol. The molecule has 0 saturated heterocycles. The number of hydrogen-bond acceptors (Lipinski definition) is 9. The van der Waals surface area contributed by atoms with Crippen LogP contribution >= 0.6 is 34.8 Å². The van der Waals surface area contributed by atoms with Gasteiger partial charge < -0.3 is 17.2 Å². The molecule has 56 heavy (non-hydrogen) atoms. The normalized spacial score (nSPS) is 11.4. The van der Waals surface area contributed by atoms with Gasteiger partial charge in [0.15, 0.2) is 0 Å². The topological polar surface area (TPSA) is 190 Å². The van der Waals surface area contributed by atoms with Crippen molar-refractivity contribution in [3.8, 4) is 0 Å². The van der Waals surface area contributed by atoms with E-state index in [-0.39, 0.29) is 36.4 Å². The Morgan fingerprint density at radius 1 is 0.625 bits per heavy atom. The number of aromatic nitrogens is 6. The smallest absolute Gasteiger partial charge is 0.224 e. The summed E-state index contributed by atoms with van der Waals surface area (Å²) >= 11 is 18.1. The largest absolute Gasteiger partial charge is 0.397 e. The highest BCUT2D eigenvalue weighted by Gasteiger charge is 2.17. The second kappa shape index (κ2) is 22.8. The minimum absolute atomic E-state index is 0. The molecule has 11 nitrogen and oxygen atoms in total. The maximum absolute atomic E-state index is 11.6. The molecular formula is C42H46Cl3N9O2. The Morgan fingerprint density at radius 3 is 1.59 bits per heavy atom. The molecule has 2 atom stereocenters. The van der Waals surface area contributed by atoms with Crippen LogP contribution in [0, 0.1) is 0 Å². The van der Waals surface area contributed by atoms with E-state index < -0.39 is 0 Å². The third-order valence-electron chi connectivity index (χ3n) is 8.58. The Balaban J connectivity index is 0.000000257. The summed E-state index contributed by atoms with van der Waals surface area (Å²) in [6.07, 6.45) is 13.3. The van der Waals surface area contributed by atoms with Gasteiger partial charge in [-0.2, -0.15) is 0 Å². The molecule has 0 aliphatic carbocycles. The standard InChI is InChI=1S/C21H21ClN4O.C15H15Cl2N3O.C5H6N2.CH4/c1-14(21(23)27)17-7-3-2-6-16(17)8-9-19-18(22)13-25-20(26-19)11-15-5-4-10-24-12-15;1-9(14(18)21)11-5-3-2-4-10(11)6-7-13-12(16)8-19-15(17)20-13;6-5-2-1-3-7-4-5;/h2-7,10,12-14H,8-9,11H2,1H3,(H2,23,27);2-5,8-9H,6-7H2,1H3,(H2,18,21);1-4H,6H2;1H4. The molecule has 14 heteroatoms. The van der Waals surface area contributed by atoms with E-state index in [2.05, 4.69) is 29.9 Å². The summed E-state index contributed by atoms with van der Waals surface area (Å²) in [6.45, 7) is 3.63. The molecule has 4 heterocycles. The highest BCUT2D eigenvalue weighted by atomic mass is 35.5. The summed E-state index contributed by atoms with van der Waals surface area (Å²) in [5.74, 6) is -0.623. The van der Waals surface area contributed by atoms with Crippen LogP contribution in [0.1, 0.15) is 78.1 Å². The number of rotatable bonds is 12. The van der Waals surface area contributed by atoms with Crippen molar-refractivity contribution in [2.45, 2.75) is 65.2 Å². The Bertz CT molecular complexity index is 2160. The van der Waals surface area contributed by atoms with Crippen molar-refractivity contribution in [1.82, 2.24) is 29.9 Å². The van der Waals surface area contributed by atoms with Crippen LogP contribution in [-0.4, -0.2) is 41.7 Å². The first-order valence-corrected chi connectivity index (χ1v) is 18.5. The number of aryl methyl sites for hydroxylation is 4. The lowest BCUT2D eigenvalue weighted by molar-refractivity contribution is -0.119. The number of nitrogen functional groups attached to an aromatic ring is 1. The van der Waals surface area contributed by atoms with Crippen molar-refractivity contribution in [1.29, 1.82) is 0 Å². The summed E-state index contributed by atoms with van der Waals surface area (Å²) in [5.41, 5.74) is 23.4. The van der Waals surface area contributed by atoms with Crippen LogP contribution in [0.3, 0.4) is 0 Å². The van der Waals surface area contributed by atoms with Gasteiger partial charge in [0, 0.05) is 37.4 Å². The van der Waals surface area contributed by atoms with E-state index in [1.807, 2.05) is 67.6 Å². The Hall–Kier alpha value is -5.49. The lowest BCUT2D eigenvalue weighted by Gasteiger charge is -2.14. The molecule has 6 aromatic rings. The van der Waals surface area contributed by atoms with Gasteiger partial charge in [0.05, 0.1) is 45.2 Å². The van der Waals surface area contributed by atoms with Gasteiger partial charge in [0.1, 0.15) is 5.82 Å². The van der Waals surface area contributed by atoms with Gasteiger partial charge in [0.2, 0.25) is 17.1 Å². The van der Waals surface area contributed by atoms with Crippen LogP contribution in [0.15, 0.2) is 110 Å². The van der Waals surface area contributed by atoms with Crippen molar-refractivity contribution >= 4 is 52.3 Å². The lowest BCUT2D eigenvalue weighted by Crippen LogP contribution is -2.20. The SMILES string of the molecule is C.CC(C(N)=O)c1ccccc1CCc1nc(Cc2cccnc2)ncc1Cl.CC(C(N)=O)c1ccccc1CCc1nc(Cl)ncc1Cl.Nc1cccnc1. The molecule has 0 bridgehead atoms. The average molecular weight is 815 g/mol. The van der Waals surface area contributed by atoms with Gasteiger partial charge in [0.25, 0.3) is 0 Å². The van der Waals surface area contributed by atoms with Gasteiger partial charge >= 0.3 is 0 Å². The third-order valence-corrected chi connectivity index (χ3v) is 9.40. The van der Waals surface area contributed by atoms with Gasteiger partial charge in [-0.25, -0.2) is 19.9 Å². The molecule has 4 aromatic heterocycles. The first kappa shape index (κ1) is 44.9. The van der Waals surface area contributed by atoms with Gasteiger partial charge in [-0.3, -0.25) is 19.6 Å². The zero-order valence-electron chi connectivity index (χ0n) is 30.4. The average Bonchev–Trinajstić information content (AvgIpc) is 3.19. The molecule has 0 saturated carbocycles. The molecule has 6 rings (SSSR count). The molecule has 2 unspecified atom stereocenters. The van der Waals surface area contributed by atoms with Crippen LogP contribution in [0.25, 0.3) is 0 Å². The van der Waals surface area contributed by atoms with E-state index in [1.165, 1.54) is 6.20 Å². The minimum Gasteiger partial charge on any atom is -0.397 e. The molecule has 0 fully saturated rings. The van der Waals surface area contributed by atoms with Crippen LogP contribution in [0.5, 0.6) is 0 Å². The predicted octanol–water partition coefficient (Wildman–Crippen LogP) is 7.95. The first-order chi connectivity index (χ1) is 26.4. The van der Waals surface area contributed by atoms with Crippen molar-refractivity contribution in [2.75, 3.05) is 5.73 Å². The summed E-state index contributed by atoms with van der Waals surface area (Å²) in [5, 5.41) is 1.21. The molecule has 6 N–H and O–H groups in total. The van der Waals surface area contributed by atoms with Crippen LogP contribution < -0.4 is 17.2 Å². The third kappa shape index (κ3) is 14.0. The van der Waals surface area contributed by atoms with Crippen LogP contribution in [0.4, 0.5) is 5.69 Å². The van der Waals surface area contributed by atoms with E-state index >= 15 is 0 Å². The van der Waals surface area contributed by atoms with Crippen molar-refractivity contribution < 1.29 is 9.59 Å². The first-order valence-electron chi connectivity index (χ1n) is 17.4. The van der Waals surface area contributed by atoms with Crippen LogP contribution in [-0.2, 0) is 41.7 Å². The summed E-state index contributed by atoms with van der Waals surface area (Å²) in [6, 6.07) is 23.0. The summed E-state index contributed by atoms with van der Waals surface area (Å²) in [4.78, 5) is 47.7.